The summed E-state index contributed by atoms with van der Waals surface area (Å²) in [6.07, 6.45) is 5.86. The summed E-state index contributed by atoms with van der Waals surface area (Å²) in [6.45, 7) is 7.09. The zero-order valence-electron chi connectivity index (χ0n) is 30.5. The number of benzene rings is 8. The fraction of sp³-hybridized carbons (Fsp3) is 0.115. The molecule has 0 bridgehead atoms. The highest BCUT2D eigenvalue weighted by atomic mass is 15.1. The average Bonchev–Trinajstić information content (AvgIpc) is 3.42. The molecule has 10 rings (SSSR count). The van der Waals surface area contributed by atoms with E-state index in [9.17, 15) is 0 Å². The van der Waals surface area contributed by atoms with E-state index in [1.165, 1.54) is 82.5 Å². The first kappa shape index (κ1) is 31.5. The Hall–Kier alpha value is -6.18. The summed E-state index contributed by atoms with van der Waals surface area (Å²) in [6, 6.07) is 60.6. The minimum absolute atomic E-state index is 0.00216. The summed E-state index contributed by atoms with van der Waals surface area (Å²) < 4.78 is 0. The van der Waals surface area contributed by atoms with Crippen molar-refractivity contribution in [1.82, 2.24) is 0 Å². The van der Waals surface area contributed by atoms with Crippen LogP contribution in [0.2, 0.25) is 0 Å². The molecule has 0 aliphatic heterocycles. The molecule has 8 aromatic rings. The monoisotopic (exact) mass is 679 g/mol. The lowest BCUT2D eigenvalue weighted by molar-refractivity contribution is 0.643. The summed E-state index contributed by atoms with van der Waals surface area (Å²) >= 11 is 0. The molecule has 0 saturated carbocycles. The Bertz CT molecular complexity index is 2780. The molecular formula is C52H41N. The second-order valence-electron chi connectivity index (χ2n) is 15.5. The van der Waals surface area contributed by atoms with Gasteiger partial charge in [0, 0.05) is 22.5 Å². The predicted molar refractivity (Wildman–Crippen MR) is 227 cm³/mol. The van der Waals surface area contributed by atoms with E-state index in [4.69, 9.17) is 0 Å². The summed E-state index contributed by atoms with van der Waals surface area (Å²) in [7, 11) is 0. The maximum atomic E-state index is 2.45. The minimum atomic E-state index is -0.00216. The van der Waals surface area contributed by atoms with Crippen molar-refractivity contribution >= 4 is 55.0 Å². The zero-order valence-corrected chi connectivity index (χ0v) is 30.5. The highest BCUT2D eigenvalue weighted by molar-refractivity contribution is 6.17. The quantitative estimate of drug-likeness (QED) is 0.164. The second kappa shape index (κ2) is 12.2. The van der Waals surface area contributed by atoms with Gasteiger partial charge in [-0.15, -0.1) is 0 Å². The fourth-order valence-electron chi connectivity index (χ4n) is 9.02. The smallest absolute Gasteiger partial charge is 0.0467 e. The molecule has 0 N–H and O–H groups in total. The van der Waals surface area contributed by atoms with Gasteiger partial charge in [-0.05, 0) is 132 Å². The van der Waals surface area contributed by atoms with E-state index >= 15 is 0 Å². The van der Waals surface area contributed by atoms with Gasteiger partial charge in [0.05, 0.1) is 0 Å². The molecule has 0 aromatic heterocycles. The summed E-state index contributed by atoms with van der Waals surface area (Å²) in [5.41, 5.74) is 14.1. The molecule has 0 spiro atoms. The van der Waals surface area contributed by atoms with Gasteiger partial charge in [0.2, 0.25) is 0 Å². The third-order valence-electron chi connectivity index (χ3n) is 11.8. The van der Waals surface area contributed by atoms with Crippen LogP contribution in [0, 0.1) is 5.92 Å². The van der Waals surface area contributed by atoms with Gasteiger partial charge in [-0.3, -0.25) is 0 Å². The number of nitrogens with zero attached hydrogens (tertiary/aromatic N) is 1. The van der Waals surface area contributed by atoms with Crippen LogP contribution < -0.4 is 4.90 Å². The SMILES string of the molecule is CC1C=CC2=C(C1)c1cc(N(c3ccc(-c4ccc5ccc6c7ccccc7ccc6c5c4)cc3)c3cccc(-c4ccccc4)c3)ccc1C2(C)C. The van der Waals surface area contributed by atoms with E-state index in [1.807, 2.05) is 0 Å². The van der Waals surface area contributed by atoms with Gasteiger partial charge in [-0.2, -0.15) is 0 Å². The van der Waals surface area contributed by atoms with Gasteiger partial charge in [-0.25, -0.2) is 0 Å². The number of anilines is 3. The van der Waals surface area contributed by atoms with Crippen molar-refractivity contribution in [1.29, 1.82) is 0 Å². The topological polar surface area (TPSA) is 3.24 Å². The lowest BCUT2D eigenvalue weighted by atomic mass is 9.79. The molecule has 1 unspecified atom stereocenters. The maximum Gasteiger partial charge on any atom is 0.0467 e. The third-order valence-corrected chi connectivity index (χ3v) is 11.8. The van der Waals surface area contributed by atoms with Crippen molar-refractivity contribution in [3.8, 4) is 22.3 Å². The number of allylic oxidation sites excluding steroid dienone is 4. The highest BCUT2D eigenvalue weighted by Crippen LogP contribution is 2.52. The molecule has 0 fully saturated rings. The largest absolute Gasteiger partial charge is 0.310 e. The molecule has 2 aliphatic carbocycles. The third kappa shape index (κ3) is 5.22. The Labute approximate surface area is 312 Å². The summed E-state index contributed by atoms with van der Waals surface area (Å²) in [5, 5.41) is 7.73. The average molecular weight is 680 g/mol. The standard InChI is InChI=1S/C52H41N/c1-34-16-28-50-48(30-34)49-33-43(25-29-51(49)52(50,2)3)53(42-14-9-13-39(31-42)35-10-5-4-6-11-35)41-23-19-36(20-24-41)40-18-17-38-22-26-45-44-15-8-7-12-37(44)21-27-46(45)47(38)32-40/h4-29,31-34H,30H2,1-3H3. The molecular weight excluding hydrogens is 639 g/mol. The van der Waals surface area contributed by atoms with Crippen LogP contribution in [0.3, 0.4) is 0 Å². The van der Waals surface area contributed by atoms with Crippen LogP contribution in [0.15, 0.2) is 182 Å². The first-order valence-corrected chi connectivity index (χ1v) is 18.9. The number of hydrogen-bond acceptors (Lipinski definition) is 1. The molecule has 0 amide bonds. The first-order valence-electron chi connectivity index (χ1n) is 18.9. The minimum Gasteiger partial charge on any atom is -0.310 e. The second-order valence-corrected chi connectivity index (χ2v) is 15.5. The number of hydrogen-bond donors (Lipinski definition) is 0. The van der Waals surface area contributed by atoms with Crippen LogP contribution in [-0.4, -0.2) is 0 Å². The normalized spacial score (nSPS) is 15.9. The maximum absolute atomic E-state index is 2.45. The van der Waals surface area contributed by atoms with E-state index in [0.717, 1.165) is 17.8 Å². The van der Waals surface area contributed by atoms with Gasteiger partial charge < -0.3 is 4.90 Å². The van der Waals surface area contributed by atoms with Crippen LogP contribution >= 0.6 is 0 Å². The number of fused-ring (bicyclic) bond motifs is 7. The van der Waals surface area contributed by atoms with Crippen molar-refractivity contribution in [2.75, 3.05) is 4.90 Å². The van der Waals surface area contributed by atoms with Crippen LogP contribution in [-0.2, 0) is 5.41 Å². The number of rotatable bonds is 5. The van der Waals surface area contributed by atoms with E-state index in [1.54, 1.807) is 0 Å². The molecule has 53 heavy (non-hydrogen) atoms. The Morgan fingerprint density at radius 2 is 1.11 bits per heavy atom. The zero-order chi connectivity index (χ0) is 35.7. The molecule has 0 saturated heterocycles. The Morgan fingerprint density at radius 3 is 1.94 bits per heavy atom. The van der Waals surface area contributed by atoms with Crippen molar-refractivity contribution in [2.24, 2.45) is 5.92 Å². The fourth-order valence-corrected chi connectivity index (χ4v) is 9.02. The lowest BCUT2D eigenvalue weighted by Crippen LogP contribution is -2.17. The van der Waals surface area contributed by atoms with Gasteiger partial charge in [0.15, 0.2) is 0 Å². The molecule has 0 heterocycles. The van der Waals surface area contributed by atoms with Gasteiger partial charge in [-0.1, -0.05) is 154 Å². The van der Waals surface area contributed by atoms with Crippen LogP contribution in [0.4, 0.5) is 17.1 Å². The molecule has 2 aliphatic rings. The Morgan fingerprint density at radius 1 is 0.491 bits per heavy atom. The van der Waals surface area contributed by atoms with Crippen LogP contribution in [0.1, 0.15) is 38.3 Å². The van der Waals surface area contributed by atoms with Gasteiger partial charge in [0.25, 0.3) is 0 Å². The van der Waals surface area contributed by atoms with Crippen molar-refractivity contribution in [2.45, 2.75) is 32.6 Å². The van der Waals surface area contributed by atoms with E-state index in [0.29, 0.717) is 5.92 Å². The molecule has 0 radical (unpaired) electrons. The van der Waals surface area contributed by atoms with Gasteiger partial charge >= 0.3 is 0 Å². The molecule has 1 atom stereocenters. The van der Waals surface area contributed by atoms with Crippen molar-refractivity contribution < 1.29 is 0 Å². The molecule has 1 nitrogen and oxygen atoms in total. The summed E-state index contributed by atoms with van der Waals surface area (Å²) in [4.78, 5) is 2.43. The van der Waals surface area contributed by atoms with Crippen LogP contribution in [0.5, 0.6) is 0 Å². The molecule has 1 heteroatoms. The van der Waals surface area contributed by atoms with Crippen LogP contribution in [0.25, 0.3) is 60.1 Å². The highest BCUT2D eigenvalue weighted by Gasteiger charge is 2.38. The van der Waals surface area contributed by atoms with E-state index in [2.05, 4.69) is 202 Å². The molecule has 254 valence electrons. The van der Waals surface area contributed by atoms with Gasteiger partial charge in [0.1, 0.15) is 0 Å². The first-order chi connectivity index (χ1) is 25.9. The van der Waals surface area contributed by atoms with Crippen molar-refractivity contribution in [3.63, 3.8) is 0 Å². The lowest BCUT2D eigenvalue weighted by Gasteiger charge is -2.28. The van der Waals surface area contributed by atoms with Crippen molar-refractivity contribution in [3.05, 3.63) is 193 Å². The van der Waals surface area contributed by atoms with E-state index in [-0.39, 0.29) is 5.41 Å². The van der Waals surface area contributed by atoms with E-state index < -0.39 is 0 Å². The molecule has 8 aromatic carbocycles. The summed E-state index contributed by atoms with van der Waals surface area (Å²) in [5.74, 6) is 0.540. The Balaban J connectivity index is 1.09. The Kier molecular flexibility index (Phi) is 7.27. The predicted octanol–water partition coefficient (Wildman–Crippen LogP) is 14.6.